The summed E-state index contributed by atoms with van der Waals surface area (Å²) < 4.78 is 0. The maximum Gasteiger partial charge on any atom is 0.101 e. The smallest absolute Gasteiger partial charge is 0.101 e. The maximum atomic E-state index is 9.35. The Hall–Kier alpha value is -1.57. The van der Waals surface area contributed by atoms with Crippen molar-refractivity contribution in [3.63, 3.8) is 0 Å². The van der Waals surface area contributed by atoms with E-state index in [4.69, 9.17) is 5.73 Å². The van der Waals surface area contributed by atoms with Crippen LogP contribution in [-0.4, -0.2) is 43.2 Å². The Bertz CT molecular complexity index is 540. The molecule has 4 heteroatoms. The molecule has 0 radical (unpaired) electrons. The van der Waals surface area contributed by atoms with Gasteiger partial charge in [0.1, 0.15) is 6.07 Å². The third-order valence-corrected chi connectivity index (χ3v) is 4.87. The van der Waals surface area contributed by atoms with Gasteiger partial charge in [-0.25, -0.2) is 0 Å². The minimum absolute atomic E-state index is 0.390. The van der Waals surface area contributed by atoms with E-state index in [1.54, 1.807) is 0 Å². The molecule has 21 heavy (non-hydrogen) atoms. The predicted molar refractivity (Wildman–Crippen MR) is 85.3 cm³/mol. The van der Waals surface area contributed by atoms with Crippen LogP contribution in [0, 0.1) is 18.3 Å². The fourth-order valence-corrected chi connectivity index (χ4v) is 3.56. The molecule has 2 N–H and O–H groups in total. The molecule has 2 aliphatic rings. The van der Waals surface area contributed by atoms with Crippen LogP contribution in [0.15, 0.2) is 18.2 Å². The minimum atomic E-state index is 0.390. The van der Waals surface area contributed by atoms with Gasteiger partial charge in [-0.05, 0) is 57.0 Å². The molecule has 0 spiro atoms. The molecular weight excluding hydrogens is 260 g/mol. The number of rotatable bonds is 2. The normalized spacial score (nSPS) is 24.2. The lowest BCUT2D eigenvalue weighted by Crippen LogP contribution is -2.46. The number of hydrogen-bond donors (Lipinski definition) is 1. The van der Waals surface area contributed by atoms with E-state index >= 15 is 0 Å². The third-order valence-electron chi connectivity index (χ3n) is 4.87. The van der Waals surface area contributed by atoms with Gasteiger partial charge in [0.15, 0.2) is 0 Å². The zero-order valence-corrected chi connectivity index (χ0v) is 12.8. The molecule has 2 saturated heterocycles. The second-order valence-corrected chi connectivity index (χ2v) is 6.39. The monoisotopic (exact) mass is 284 g/mol. The average Bonchev–Trinajstić information content (AvgIpc) is 2.97. The number of aryl methyl sites for hydroxylation is 1. The number of benzene rings is 1. The molecule has 0 aliphatic carbocycles. The molecule has 1 atom stereocenters. The van der Waals surface area contributed by atoms with Crippen LogP contribution in [0.3, 0.4) is 0 Å². The zero-order chi connectivity index (χ0) is 14.8. The highest BCUT2D eigenvalue weighted by Gasteiger charge is 2.30. The second-order valence-electron chi connectivity index (χ2n) is 6.39. The predicted octanol–water partition coefficient (Wildman–Crippen LogP) is 1.87. The molecule has 0 aromatic heterocycles. The molecule has 4 nitrogen and oxygen atoms in total. The van der Waals surface area contributed by atoms with Crippen LogP contribution < -0.4 is 10.6 Å². The lowest BCUT2D eigenvalue weighted by atomic mass is 10.0. The summed E-state index contributed by atoms with van der Waals surface area (Å²) in [4.78, 5) is 4.96. The Kier molecular flexibility index (Phi) is 4.14. The van der Waals surface area contributed by atoms with Crippen molar-refractivity contribution in [3.8, 4) is 6.07 Å². The molecule has 0 amide bonds. The first kappa shape index (κ1) is 14.4. The Morgan fingerprint density at radius 1 is 1.19 bits per heavy atom. The van der Waals surface area contributed by atoms with Crippen molar-refractivity contribution >= 4 is 5.69 Å². The van der Waals surface area contributed by atoms with Crippen molar-refractivity contribution in [1.29, 1.82) is 5.26 Å². The third kappa shape index (κ3) is 3.04. The van der Waals surface area contributed by atoms with Gasteiger partial charge in [-0.3, -0.25) is 4.90 Å². The SMILES string of the molecule is Cc1ccc(N2CCC(N3CCC(N)CC3)C2)c(C#N)c1. The lowest BCUT2D eigenvalue weighted by molar-refractivity contribution is 0.163. The van der Waals surface area contributed by atoms with E-state index < -0.39 is 0 Å². The van der Waals surface area contributed by atoms with Crippen molar-refractivity contribution in [1.82, 2.24) is 4.90 Å². The molecule has 2 fully saturated rings. The van der Waals surface area contributed by atoms with E-state index in [9.17, 15) is 5.26 Å². The Labute approximate surface area is 127 Å². The second kappa shape index (κ2) is 6.05. The van der Waals surface area contributed by atoms with Crippen molar-refractivity contribution < 1.29 is 0 Å². The molecule has 1 aromatic carbocycles. The highest BCUT2D eigenvalue weighted by atomic mass is 15.3. The van der Waals surface area contributed by atoms with Gasteiger partial charge in [0.2, 0.25) is 0 Å². The first-order chi connectivity index (χ1) is 10.2. The summed E-state index contributed by atoms with van der Waals surface area (Å²) in [6, 6.07) is 9.54. The van der Waals surface area contributed by atoms with Crippen LogP contribution in [0.1, 0.15) is 30.4 Å². The van der Waals surface area contributed by atoms with Gasteiger partial charge >= 0.3 is 0 Å². The molecule has 0 bridgehead atoms. The van der Waals surface area contributed by atoms with E-state index in [1.807, 2.05) is 13.0 Å². The first-order valence-corrected chi connectivity index (χ1v) is 7.92. The number of likely N-dealkylation sites (tertiary alicyclic amines) is 1. The van der Waals surface area contributed by atoms with Crippen LogP contribution >= 0.6 is 0 Å². The fraction of sp³-hybridized carbons (Fsp3) is 0.588. The van der Waals surface area contributed by atoms with E-state index in [0.717, 1.165) is 55.8 Å². The van der Waals surface area contributed by atoms with E-state index in [-0.39, 0.29) is 0 Å². The molecule has 2 heterocycles. The van der Waals surface area contributed by atoms with Crippen molar-refractivity contribution in [3.05, 3.63) is 29.3 Å². The van der Waals surface area contributed by atoms with Gasteiger partial charge in [0.05, 0.1) is 11.3 Å². The van der Waals surface area contributed by atoms with Gasteiger partial charge in [-0.15, -0.1) is 0 Å². The summed E-state index contributed by atoms with van der Waals surface area (Å²) in [5.74, 6) is 0. The molecule has 112 valence electrons. The van der Waals surface area contributed by atoms with Crippen LogP contribution in [0.5, 0.6) is 0 Å². The topological polar surface area (TPSA) is 56.3 Å². The molecule has 1 unspecified atom stereocenters. The van der Waals surface area contributed by atoms with Crippen molar-refractivity contribution in [2.45, 2.75) is 38.3 Å². The fourth-order valence-electron chi connectivity index (χ4n) is 3.56. The Balaban J connectivity index is 1.69. The van der Waals surface area contributed by atoms with E-state index in [1.165, 1.54) is 6.42 Å². The summed E-state index contributed by atoms with van der Waals surface area (Å²) in [5.41, 5.74) is 9.04. The van der Waals surface area contributed by atoms with Crippen molar-refractivity contribution in [2.75, 3.05) is 31.1 Å². The van der Waals surface area contributed by atoms with Gasteiger partial charge in [-0.2, -0.15) is 5.26 Å². The number of piperidine rings is 1. The van der Waals surface area contributed by atoms with E-state index in [2.05, 4.69) is 28.0 Å². The van der Waals surface area contributed by atoms with E-state index in [0.29, 0.717) is 12.1 Å². The average molecular weight is 284 g/mol. The highest BCUT2D eigenvalue weighted by Crippen LogP contribution is 2.28. The van der Waals surface area contributed by atoms with Gasteiger partial charge in [-0.1, -0.05) is 6.07 Å². The van der Waals surface area contributed by atoms with Crippen LogP contribution in [0.4, 0.5) is 5.69 Å². The number of hydrogen-bond acceptors (Lipinski definition) is 4. The summed E-state index contributed by atoms with van der Waals surface area (Å²) in [6.45, 7) is 6.36. The van der Waals surface area contributed by atoms with Gasteiger partial charge < -0.3 is 10.6 Å². The van der Waals surface area contributed by atoms with Crippen LogP contribution in [0.25, 0.3) is 0 Å². The van der Waals surface area contributed by atoms with Crippen molar-refractivity contribution in [2.24, 2.45) is 5.73 Å². The number of nitriles is 1. The number of nitrogens with two attached hydrogens (primary N) is 1. The minimum Gasteiger partial charge on any atom is -0.369 e. The summed E-state index contributed by atoms with van der Waals surface area (Å²) >= 11 is 0. The molecule has 3 rings (SSSR count). The molecular formula is C17H24N4. The quantitative estimate of drug-likeness (QED) is 0.901. The first-order valence-electron chi connectivity index (χ1n) is 7.92. The Morgan fingerprint density at radius 3 is 2.67 bits per heavy atom. The standard InChI is InChI=1S/C17H24N4/c1-13-2-3-17(14(10-13)11-18)21-9-6-16(12-21)20-7-4-15(19)5-8-20/h2-3,10,15-16H,4-9,12,19H2,1H3. The summed E-state index contributed by atoms with van der Waals surface area (Å²) in [5, 5.41) is 9.35. The largest absolute Gasteiger partial charge is 0.369 e. The van der Waals surface area contributed by atoms with Crippen LogP contribution in [0.2, 0.25) is 0 Å². The maximum absolute atomic E-state index is 9.35. The number of anilines is 1. The van der Waals surface area contributed by atoms with Gasteiger partial charge in [0.25, 0.3) is 0 Å². The Morgan fingerprint density at radius 2 is 1.95 bits per heavy atom. The lowest BCUT2D eigenvalue weighted by Gasteiger charge is -2.34. The number of nitrogens with zero attached hydrogens (tertiary/aromatic N) is 3. The summed E-state index contributed by atoms with van der Waals surface area (Å²) in [6.07, 6.45) is 3.42. The molecule has 1 aromatic rings. The molecule has 0 saturated carbocycles. The molecule has 2 aliphatic heterocycles. The van der Waals surface area contributed by atoms with Crippen LogP contribution in [-0.2, 0) is 0 Å². The van der Waals surface area contributed by atoms with Gasteiger partial charge in [0, 0.05) is 25.2 Å². The highest BCUT2D eigenvalue weighted by molar-refractivity contribution is 5.61. The summed E-state index contributed by atoms with van der Waals surface area (Å²) in [7, 11) is 0. The zero-order valence-electron chi connectivity index (χ0n) is 12.8.